The van der Waals surface area contributed by atoms with Crippen molar-refractivity contribution in [2.45, 2.75) is 37.5 Å². The van der Waals surface area contributed by atoms with Crippen molar-refractivity contribution in [3.05, 3.63) is 29.8 Å². The van der Waals surface area contributed by atoms with E-state index in [-0.39, 0.29) is 43.9 Å². The quantitative estimate of drug-likeness (QED) is 0.577. The zero-order valence-electron chi connectivity index (χ0n) is 16.9. The Labute approximate surface area is 191 Å². The predicted molar refractivity (Wildman–Crippen MR) is 114 cm³/mol. The molecule has 2 heterocycles. The molecule has 12 heteroatoms. The lowest BCUT2D eigenvalue weighted by Gasteiger charge is -2.41. The Morgan fingerprint density at radius 2 is 1.84 bits per heavy atom. The second-order valence-corrected chi connectivity index (χ2v) is 7.38. The Hall–Kier alpha value is -1.30. The molecular formula is C19H28Cl2F3N3O4. The van der Waals surface area contributed by atoms with E-state index in [0.29, 0.717) is 31.9 Å². The molecule has 2 fully saturated rings. The van der Waals surface area contributed by atoms with Crippen LogP contribution in [0.25, 0.3) is 0 Å². The van der Waals surface area contributed by atoms with E-state index in [9.17, 15) is 28.2 Å². The number of ether oxygens (including phenoxy) is 1. The number of aliphatic hydroxyl groups is 2. The summed E-state index contributed by atoms with van der Waals surface area (Å²) in [4.78, 5) is 15.1. The van der Waals surface area contributed by atoms with Crippen molar-refractivity contribution in [2.75, 3.05) is 44.2 Å². The first kappa shape index (κ1) is 27.7. The number of aliphatic hydroxyl groups excluding tert-OH is 2. The highest BCUT2D eigenvalue weighted by atomic mass is 35.5. The molecule has 1 aromatic carbocycles. The topological polar surface area (TPSA) is 85.3 Å². The minimum absolute atomic E-state index is 0. The summed E-state index contributed by atoms with van der Waals surface area (Å²) in [6.45, 7) is 3.26. The first-order chi connectivity index (χ1) is 13.7. The van der Waals surface area contributed by atoms with Crippen molar-refractivity contribution in [2.24, 2.45) is 0 Å². The minimum Gasteiger partial charge on any atom is -0.394 e. The number of carbonyl (C=O) groups excluding carboxylic acids is 1. The molecule has 0 radical (unpaired) electrons. The fourth-order valence-corrected chi connectivity index (χ4v) is 4.00. The maximum absolute atomic E-state index is 13.0. The Kier molecular flexibility index (Phi) is 10.3. The number of anilines is 1. The van der Waals surface area contributed by atoms with E-state index in [1.54, 1.807) is 6.07 Å². The van der Waals surface area contributed by atoms with Crippen LogP contribution in [0.1, 0.15) is 12.5 Å². The van der Waals surface area contributed by atoms with Gasteiger partial charge < -0.3 is 25.2 Å². The zero-order valence-corrected chi connectivity index (χ0v) is 18.6. The lowest BCUT2D eigenvalue weighted by Crippen LogP contribution is -2.57. The van der Waals surface area contributed by atoms with Gasteiger partial charge in [-0.15, -0.1) is 24.8 Å². The Morgan fingerprint density at radius 3 is 2.39 bits per heavy atom. The Bertz CT molecular complexity index is 721. The molecule has 1 aromatic rings. The second kappa shape index (κ2) is 11.5. The van der Waals surface area contributed by atoms with Crippen molar-refractivity contribution in [3.8, 4) is 0 Å². The number of benzene rings is 1. The van der Waals surface area contributed by atoms with Gasteiger partial charge in [0.05, 0.1) is 24.3 Å². The van der Waals surface area contributed by atoms with E-state index in [0.717, 1.165) is 12.1 Å². The summed E-state index contributed by atoms with van der Waals surface area (Å²) in [7, 11) is 0. The average molecular weight is 490 g/mol. The normalized spacial score (nSPS) is 26.7. The highest BCUT2D eigenvalue weighted by Gasteiger charge is 2.46. The zero-order chi connectivity index (χ0) is 21.2. The first-order valence-electron chi connectivity index (χ1n) is 9.56. The van der Waals surface area contributed by atoms with Gasteiger partial charge in [0.15, 0.2) is 0 Å². The molecule has 4 atom stereocenters. The summed E-state index contributed by atoms with van der Waals surface area (Å²) >= 11 is 0. The van der Waals surface area contributed by atoms with E-state index in [2.05, 4.69) is 5.32 Å². The highest BCUT2D eigenvalue weighted by molar-refractivity contribution is 5.85. The van der Waals surface area contributed by atoms with Crippen LogP contribution in [-0.2, 0) is 15.7 Å². The maximum Gasteiger partial charge on any atom is 0.416 e. The number of carbonyl (C=O) groups is 1. The van der Waals surface area contributed by atoms with E-state index >= 15 is 0 Å². The van der Waals surface area contributed by atoms with E-state index in [1.807, 2.05) is 9.80 Å². The number of rotatable bonds is 5. The van der Waals surface area contributed by atoms with Crippen molar-refractivity contribution in [1.82, 2.24) is 10.2 Å². The van der Waals surface area contributed by atoms with Crippen molar-refractivity contribution in [3.63, 3.8) is 0 Å². The third-order valence-electron chi connectivity index (χ3n) is 5.47. The van der Waals surface area contributed by atoms with Crippen LogP contribution in [0.15, 0.2) is 24.3 Å². The van der Waals surface area contributed by atoms with E-state index < -0.39 is 36.1 Å². The molecule has 3 N–H and O–H groups in total. The number of piperazine rings is 1. The molecule has 0 saturated carbocycles. The first-order valence-corrected chi connectivity index (χ1v) is 9.56. The summed E-state index contributed by atoms with van der Waals surface area (Å²) in [5, 5.41) is 22.7. The molecule has 0 aromatic heterocycles. The van der Waals surface area contributed by atoms with Crippen molar-refractivity contribution < 1.29 is 32.9 Å². The van der Waals surface area contributed by atoms with Crippen LogP contribution in [0.4, 0.5) is 18.9 Å². The van der Waals surface area contributed by atoms with Gasteiger partial charge in [0.2, 0.25) is 5.91 Å². The van der Waals surface area contributed by atoms with Crippen molar-refractivity contribution in [1.29, 1.82) is 0 Å². The Morgan fingerprint density at radius 1 is 1.19 bits per heavy atom. The molecule has 7 nitrogen and oxygen atoms in total. The average Bonchev–Trinajstić information content (AvgIpc) is 3.01. The van der Waals surface area contributed by atoms with Crippen LogP contribution in [0.2, 0.25) is 0 Å². The predicted octanol–water partition coefficient (Wildman–Crippen LogP) is 1.30. The molecule has 31 heavy (non-hydrogen) atoms. The van der Waals surface area contributed by atoms with Crippen LogP contribution in [0.5, 0.6) is 0 Å². The van der Waals surface area contributed by atoms with Crippen LogP contribution in [-0.4, -0.2) is 84.7 Å². The van der Waals surface area contributed by atoms with Crippen LogP contribution in [0.3, 0.4) is 0 Å². The van der Waals surface area contributed by atoms with Crippen LogP contribution in [0, 0.1) is 0 Å². The summed E-state index contributed by atoms with van der Waals surface area (Å²) in [5.74, 6) is -0.219. The summed E-state index contributed by atoms with van der Waals surface area (Å²) in [5.41, 5.74) is -0.177. The van der Waals surface area contributed by atoms with Gasteiger partial charge in [0.1, 0.15) is 12.2 Å². The van der Waals surface area contributed by atoms with Gasteiger partial charge in [0.25, 0.3) is 0 Å². The van der Waals surface area contributed by atoms with Crippen molar-refractivity contribution >= 4 is 36.4 Å². The van der Waals surface area contributed by atoms with Gasteiger partial charge in [-0.25, -0.2) is 0 Å². The summed E-state index contributed by atoms with van der Waals surface area (Å²) in [6, 6.07) is 4.83. The minimum atomic E-state index is -4.39. The number of nitrogens with one attached hydrogen (secondary N) is 1. The van der Waals surface area contributed by atoms with Gasteiger partial charge in [-0.05, 0) is 18.2 Å². The van der Waals surface area contributed by atoms with Gasteiger partial charge in [-0.2, -0.15) is 13.2 Å². The molecular weight excluding hydrogens is 462 g/mol. The fraction of sp³-hybridized carbons (Fsp3) is 0.632. The number of hydrogen-bond acceptors (Lipinski definition) is 6. The molecule has 0 spiro atoms. The maximum atomic E-state index is 13.0. The van der Waals surface area contributed by atoms with E-state index in [4.69, 9.17) is 4.74 Å². The molecule has 0 unspecified atom stereocenters. The summed E-state index contributed by atoms with van der Waals surface area (Å²) in [6.07, 6.45) is -6.52. The lowest BCUT2D eigenvalue weighted by atomic mass is 10.0. The molecule has 0 aliphatic carbocycles. The summed E-state index contributed by atoms with van der Waals surface area (Å²) < 4.78 is 44.6. The Balaban J connectivity index is 0.00000240. The number of nitrogens with zero attached hydrogens (tertiary/aromatic N) is 2. The molecule has 178 valence electrons. The largest absolute Gasteiger partial charge is 0.416 e. The molecule has 2 saturated heterocycles. The highest BCUT2D eigenvalue weighted by Crippen LogP contribution is 2.32. The third-order valence-corrected chi connectivity index (χ3v) is 5.47. The van der Waals surface area contributed by atoms with Gasteiger partial charge in [0, 0.05) is 45.3 Å². The molecule has 1 amide bonds. The van der Waals surface area contributed by atoms with E-state index in [1.165, 1.54) is 13.0 Å². The standard InChI is InChI=1S/C19H26F3N3O4.2ClH/c1-12(27)23-10-15-17(18(28)16(11-26)29-15)25-7-5-24(6-8-25)14-4-2-3-13(9-14)19(20,21)22;;/h2-4,9,15-18,26,28H,5-8,10-11H2,1H3,(H,23,27);2*1H/t15-,16+,17+,18-;;/m1../s1. The molecule has 2 aliphatic heterocycles. The number of hydrogen-bond donors (Lipinski definition) is 3. The SMILES string of the molecule is CC(=O)NC[C@H]1O[C@@H](CO)[C@@H](O)[C@H]1N1CCN(c2cccc(C(F)(F)F)c2)CC1.Cl.Cl. The fourth-order valence-electron chi connectivity index (χ4n) is 4.00. The monoisotopic (exact) mass is 489 g/mol. The van der Waals surface area contributed by atoms with Gasteiger partial charge in [-0.1, -0.05) is 6.07 Å². The number of alkyl halides is 3. The van der Waals surface area contributed by atoms with Gasteiger partial charge >= 0.3 is 6.18 Å². The third kappa shape index (κ3) is 6.59. The number of halogens is 5. The van der Waals surface area contributed by atoms with Gasteiger partial charge in [-0.3, -0.25) is 9.69 Å². The van der Waals surface area contributed by atoms with Crippen LogP contribution >= 0.6 is 24.8 Å². The molecule has 0 bridgehead atoms. The molecule has 2 aliphatic rings. The second-order valence-electron chi connectivity index (χ2n) is 7.38. The molecule has 3 rings (SSSR count). The smallest absolute Gasteiger partial charge is 0.394 e. The number of amides is 1. The van der Waals surface area contributed by atoms with Crippen LogP contribution < -0.4 is 10.2 Å². The lowest BCUT2D eigenvalue weighted by molar-refractivity contribution is -0.137.